The highest BCUT2D eigenvalue weighted by atomic mass is 127. The normalized spacial score (nSPS) is 24.9. The Hall–Kier alpha value is -0.290. The van der Waals surface area contributed by atoms with Crippen LogP contribution in [0.25, 0.3) is 0 Å². The fraction of sp³-hybridized carbons (Fsp3) is 0.941. The number of alkyl halides is 3. The molecule has 0 amide bonds. The van der Waals surface area contributed by atoms with Crippen molar-refractivity contribution in [2.75, 3.05) is 59.4 Å². The van der Waals surface area contributed by atoms with E-state index in [9.17, 15) is 13.2 Å². The summed E-state index contributed by atoms with van der Waals surface area (Å²) >= 11 is 0. The minimum absolute atomic E-state index is 0. The van der Waals surface area contributed by atoms with Crippen molar-refractivity contribution in [1.82, 2.24) is 20.0 Å². The summed E-state index contributed by atoms with van der Waals surface area (Å²) in [4.78, 5) is 10.3. The molecule has 154 valence electrons. The van der Waals surface area contributed by atoms with Crippen LogP contribution >= 0.6 is 24.0 Å². The molecule has 2 unspecified atom stereocenters. The zero-order valence-electron chi connectivity index (χ0n) is 16.1. The van der Waals surface area contributed by atoms with E-state index in [4.69, 9.17) is 0 Å². The lowest BCUT2D eigenvalue weighted by molar-refractivity contribution is -0.181. The van der Waals surface area contributed by atoms with E-state index in [-0.39, 0.29) is 24.0 Å². The summed E-state index contributed by atoms with van der Waals surface area (Å²) in [6, 6.07) is -1.38. The van der Waals surface area contributed by atoms with Gasteiger partial charge in [-0.2, -0.15) is 13.2 Å². The van der Waals surface area contributed by atoms with Crippen molar-refractivity contribution < 1.29 is 13.2 Å². The lowest BCUT2D eigenvalue weighted by Crippen LogP contribution is -2.57. The average Bonchev–Trinajstić information content (AvgIpc) is 2.58. The molecule has 0 aliphatic carbocycles. The fourth-order valence-corrected chi connectivity index (χ4v) is 3.68. The summed E-state index contributed by atoms with van der Waals surface area (Å²) in [6.07, 6.45) is -1.59. The van der Waals surface area contributed by atoms with Crippen molar-refractivity contribution in [2.45, 2.75) is 38.9 Å². The number of piperidine rings is 1. The second kappa shape index (κ2) is 10.9. The summed E-state index contributed by atoms with van der Waals surface area (Å²) in [7, 11) is 1.73. The van der Waals surface area contributed by atoms with Crippen LogP contribution in [-0.2, 0) is 0 Å². The highest BCUT2D eigenvalue weighted by Gasteiger charge is 2.41. The molecule has 0 bridgehead atoms. The number of guanidine groups is 1. The number of piperazine rings is 1. The number of likely N-dealkylation sites (tertiary alicyclic amines) is 1. The van der Waals surface area contributed by atoms with Crippen LogP contribution < -0.4 is 5.32 Å². The topological polar surface area (TPSA) is 34.1 Å². The molecule has 2 aliphatic heterocycles. The van der Waals surface area contributed by atoms with Gasteiger partial charge in [0.15, 0.2) is 5.96 Å². The number of nitrogens with zero attached hydrogens (tertiary/aromatic N) is 4. The molecular formula is C17H33F3IN5. The number of rotatable bonds is 4. The highest BCUT2D eigenvalue weighted by Crippen LogP contribution is 2.25. The van der Waals surface area contributed by atoms with Crippen molar-refractivity contribution >= 4 is 29.9 Å². The van der Waals surface area contributed by atoms with E-state index in [1.165, 1.54) is 24.7 Å². The van der Waals surface area contributed by atoms with Crippen LogP contribution in [0.1, 0.15) is 26.7 Å². The summed E-state index contributed by atoms with van der Waals surface area (Å²) in [6.45, 7) is 9.58. The molecule has 2 aliphatic rings. The lowest BCUT2D eigenvalue weighted by Gasteiger charge is -2.39. The van der Waals surface area contributed by atoms with Gasteiger partial charge in [0, 0.05) is 52.9 Å². The zero-order chi connectivity index (χ0) is 18.4. The summed E-state index contributed by atoms with van der Waals surface area (Å²) in [5, 5.41) is 3.37. The summed E-state index contributed by atoms with van der Waals surface area (Å²) < 4.78 is 38.5. The minimum atomic E-state index is -4.16. The number of halogens is 4. The van der Waals surface area contributed by atoms with E-state index in [1.807, 2.05) is 0 Å². The Morgan fingerprint density at radius 3 is 2.38 bits per heavy atom. The first-order chi connectivity index (χ1) is 11.8. The molecule has 0 aromatic heterocycles. The number of aliphatic imine (C=N–C) groups is 1. The van der Waals surface area contributed by atoms with Crippen LogP contribution in [0.4, 0.5) is 13.2 Å². The van der Waals surface area contributed by atoms with E-state index in [0.717, 1.165) is 38.1 Å². The van der Waals surface area contributed by atoms with Gasteiger partial charge in [-0.15, -0.1) is 24.0 Å². The van der Waals surface area contributed by atoms with E-state index in [2.05, 4.69) is 27.0 Å². The molecule has 0 spiro atoms. The van der Waals surface area contributed by atoms with E-state index < -0.39 is 12.2 Å². The Kier molecular flexibility index (Phi) is 9.95. The maximum Gasteiger partial charge on any atom is 0.403 e. The standard InChI is InChI=1S/C17H32F3N5.HI/c1-14-5-4-7-23(13-14)8-6-22-16(21-3)25-11-9-24(10-12-25)15(2)17(18,19)20;/h14-15H,4-13H2,1-3H3,(H,21,22);1H. The largest absolute Gasteiger partial charge is 0.403 e. The summed E-state index contributed by atoms with van der Waals surface area (Å²) in [5.74, 6) is 1.56. The molecule has 1 N–H and O–H groups in total. The first-order valence-electron chi connectivity index (χ1n) is 9.30. The van der Waals surface area contributed by atoms with Gasteiger partial charge in [0.05, 0.1) is 0 Å². The summed E-state index contributed by atoms with van der Waals surface area (Å²) in [5.41, 5.74) is 0. The van der Waals surface area contributed by atoms with Gasteiger partial charge < -0.3 is 15.1 Å². The monoisotopic (exact) mass is 491 g/mol. The van der Waals surface area contributed by atoms with Crippen molar-refractivity contribution in [1.29, 1.82) is 0 Å². The third kappa shape index (κ3) is 7.03. The van der Waals surface area contributed by atoms with Crippen LogP contribution in [-0.4, -0.2) is 92.3 Å². The molecule has 5 nitrogen and oxygen atoms in total. The molecule has 2 rings (SSSR count). The first kappa shape index (κ1) is 23.7. The second-order valence-corrected chi connectivity index (χ2v) is 7.26. The van der Waals surface area contributed by atoms with Crippen molar-refractivity contribution in [3.05, 3.63) is 0 Å². The molecule has 2 saturated heterocycles. The molecule has 2 atom stereocenters. The third-order valence-corrected chi connectivity index (χ3v) is 5.30. The number of hydrogen-bond donors (Lipinski definition) is 1. The van der Waals surface area contributed by atoms with E-state index in [1.54, 1.807) is 7.05 Å². The predicted octanol–water partition coefficient (Wildman–Crippen LogP) is 2.48. The molecule has 0 aromatic carbocycles. The molecule has 9 heteroatoms. The maximum atomic E-state index is 12.8. The Bertz CT molecular complexity index is 439. The van der Waals surface area contributed by atoms with Gasteiger partial charge in [0.2, 0.25) is 0 Å². The van der Waals surface area contributed by atoms with Crippen molar-refractivity contribution in [3.63, 3.8) is 0 Å². The number of nitrogens with one attached hydrogen (secondary N) is 1. The number of hydrogen-bond acceptors (Lipinski definition) is 3. The van der Waals surface area contributed by atoms with Gasteiger partial charge in [-0.25, -0.2) is 0 Å². The Labute approximate surface area is 172 Å². The quantitative estimate of drug-likeness (QED) is 0.373. The molecule has 2 fully saturated rings. The second-order valence-electron chi connectivity index (χ2n) is 7.26. The third-order valence-electron chi connectivity index (χ3n) is 5.30. The van der Waals surface area contributed by atoms with Gasteiger partial charge in [-0.05, 0) is 32.2 Å². The Morgan fingerprint density at radius 1 is 1.19 bits per heavy atom. The van der Waals surface area contributed by atoms with Crippen LogP contribution in [0, 0.1) is 5.92 Å². The van der Waals surface area contributed by atoms with Gasteiger partial charge >= 0.3 is 6.18 Å². The van der Waals surface area contributed by atoms with E-state index >= 15 is 0 Å². The smallest absolute Gasteiger partial charge is 0.355 e. The van der Waals surface area contributed by atoms with Crippen LogP contribution in [0.15, 0.2) is 4.99 Å². The molecular weight excluding hydrogens is 458 g/mol. The highest BCUT2D eigenvalue weighted by molar-refractivity contribution is 14.0. The van der Waals surface area contributed by atoms with Crippen LogP contribution in [0.2, 0.25) is 0 Å². The van der Waals surface area contributed by atoms with Crippen molar-refractivity contribution in [3.8, 4) is 0 Å². The van der Waals surface area contributed by atoms with Gasteiger partial charge in [-0.1, -0.05) is 6.92 Å². The Morgan fingerprint density at radius 2 is 1.85 bits per heavy atom. The van der Waals surface area contributed by atoms with Crippen LogP contribution in [0.5, 0.6) is 0 Å². The lowest BCUT2D eigenvalue weighted by atomic mass is 10.0. The van der Waals surface area contributed by atoms with Crippen molar-refractivity contribution in [2.24, 2.45) is 10.9 Å². The molecule has 2 heterocycles. The van der Waals surface area contributed by atoms with Gasteiger partial charge in [0.25, 0.3) is 0 Å². The van der Waals surface area contributed by atoms with E-state index in [0.29, 0.717) is 26.2 Å². The van der Waals surface area contributed by atoms with Gasteiger partial charge in [-0.3, -0.25) is 9.89 Å². The molecule has 0 radical (unpaired) electrons. The zero-order valence-corrected chi connectivity index (χ0v) is 18.4. The predicted molar refractivity (Wildman–Crippen MR) is 110 cm³/mol. The van der Waals surface area contributed by atoms with Gasteiger partial charge in [0.1, 0.15) is 6.04 Å². The minimum Gasteiger partial charge on any atom is -0.355 e. The molecule has 0 aromatic rings. The average molecular weight is 491 g/mol. The molecule has 26 heavy (non-hydrogen) atoms. The Balaban J connectivity index is 0.00000338. The fourth-order valence-electron chi connectivity index (χ4n) is 3.68. The maximum absolute atomic E-state index is 12.8. The molecule has 0 saturated carbocycles. The first-order valence-corrected chi connectivity index (χ1v) is 9.30. The van der Waals surface area contributed by atoms with Crippen LogP contribution in [0.3, 0.4) is 0 Å². The SMILES string of the molecule is CN=C(NCCN1CCCC(C)C1)N1CCN(C(C)C(F)(F)F)CC1.I.